The van der Waals surface area contributed by atoms with Gasteiger partial charge in [0.1, 0.15) is 10.1 Å². The van der Waals surface area contributed by atoms with Gasteiger partial charge in [-0.15, -0.1) is 0 Å². The Morgan fingerprint density at radius 1 is 1.35 bits per heavy atom. The van der Waals surface area contributed by atoms with E-state index in [1.54, 1.807) is 0 Å². The molecule has 2 aromatic heterocycles. The molecule has 0 aliphatic rings. The van der Waals surface area contributed by atoms with Gasteiger partial charge in [-0.2, -0.15) is 13.2 Å². The fourth-order valence-corrected chi connectivity index (χ4v) is 1.94. The van der Waals surface area contributed by atoms with Crippen LogP contribution in [0.5, 0.6) is 0 Å². The number of hydrogen-bond donors (Lipinski definition) is 0. The largest absolute Gasteiger partial charge is 0.434 e. The lowest BCUT2D eigenvalue weighted by molar-refractivity contribution is -0.141. The number of fused-ring (bicyclic) bond motifs is 1. The van der Waals surface area contributed by atoms with Gasteiger partial charge in [0, 0.05) is 6.20 Å². The van der Waals surface area contributed by atoms with Crippen LogP contribution in [-0.2, 0) is 6.18 Å². The zero-order chi connectivity index (χ0) is 12.8. The van der Waals surface area contributed by atoms with Gasteiger partial charge >= 0.3 is 6.18 Å². The Morgan fingerprint density at radius 3 is 2.59 bits per heavy atom. The molecule has 0 aliphatic carbocycles. The first-order valence-electron chi connectivity index (χ1n) is 4.25. The van der Waals surface area contributed by atoms with E-state index in [1.165, 1.54) is 18.3 Å². The van der Waals surface area contributed by atoms with Crippen molar-refractivity contribution in [3.8, 4) is 0 Å². The molecule has 2 heterocycles. The SMILES string of the molecule is O=c1c(Br)c(C(F)(F)F)nc2ccc(Cl)cn12. The van der Waals surface area contributed by atoms with Crippen molar-refractivity contribution in [1.29, 1.82) is 0 Å². The van der Waals surface area contributed by atoms with Crippen LogP contribution in [0.3, 0.4) is 0 Å². The summed E-state index contributed by atoms with van der Waals surface area (Å²) in [6.45, 7) is 0. The van der Waals surface area contributed by atoms with E-state index in [0.29, 0.717) is 0 Å². The summed E-state index contributed by atoms with van der Waals surface area (Å²) in [6.07, 6.45) is -3.48. The van der Waals surface area contributed by atoms with Gasteiger partial charge < -0.3 is 0 Å². The molecule has 0 radical (unpaired) electrons. The molecular weight excluding hydrogens is 324 g/mol. The third-order valence-corrected chi connectivity index (χ3v) is 2.94. The van der Waals surface area contributed by atoms with E-state index >= 15 is 0 Å². The molecule has 0 spiro atoms. The van der Waals surface area contributed by atoms with Crippen LogP contribution in [0.1, 0.15) is 5.69 Å². The van der Waals surface area contributed by atoms with Gasteiger partial charge in [-0.3, -0.25) is 9.20 Å². The Morgan fingerprint density at radius 2 is 2.00 bits per heavy atom. The normalized spacial score (nSPS) is 12.1. The molecule has 2 rings (SSSR count). The summed E-state index contributed by atoms with van der Waals surface area (Å²) in [4.78, 5) is 15.0. The standard InChI is InChI=1S/C9H3BrClF3N2O/c10-6-7(9(12,13)14)15-5-2-1-4(11)3-16(5)8(6)17/h1-3H. The Balaban J connectivity index is 2.90. The third kappa shape index (κ3) is 2.16. The van der Waals surface area contributed by atoms with Gasteiger partial charge in [0.25, 0.3) is 5.56 Å². The van der Waals surface area contributed by atoms with Crippen LogP contribution in [0.2, 0.25) is 5.02 Å². The molecule has 3 nitrogen and oxygen atoms in total. The highest BCUT2D eigenvalue weighted by Crippen LogP contribution is 2.31. The number of alkyl halides is 3. The van der Waals surface area contributed by atoms with Crippen LogP contribution in [-0.4, -0.2) is 9.38 Å². The van der Waals surface area contributed by atoms with Crippen molar-refractivity contribution < 1.29 is 13.2 Å². The molecule has 0 aliphatic heterocycles. The van der Waals surface area contributed by atoms with Crippen molar-refractivity contribution in [3.05, 3.63) is 43.9 Å². The van der Waals surface area contributed by atoms with E-state index in [1.807, 2.05) is 0 Å². The smallest absolute Gasteiger partial charge is 0.268 e. The van der Waals surface area contributed by atoms with Gasteiger partial charge in [0.05, 0.1) is 5.02 Å². The molecule has 0 saturated heterocycles. The molecule has 8 heteroatoms. The molecule has 0 N–H and O–H groups in total. The second-order valence-corrected chi connectivity index (χ2v) is 4.38. The van der Waals surface area contributed by atoms with Crippen LogP contribution in [0.25, 0.3) is 5.65 Å². The Labute approximate surface area is 106 Å². The zero-order valence-corrected chi connectivity index (χ0v) is 10.3. The van der Waals surface area contributed by atoms with E-state index in [4.69, 9.17) is 11.6 Å². The molecular formula is C9H3BrClF3N2O. The number of rotatable bonds is 0. The molecule has 0 unspecified atom stereocenters. The van der Waals surface area contributed by atoms with Crippen molar-refractivity contribution in [2.75, 3.05) is 0 Å². The summed E-state index contributed by atoms with van der Waals surface area (Å²) in [7, 11) is 0. The minimum absolute atomic E-state index is 0.116. The topological polar surface area (TPSA) is 34.4 Å². The molecule has 0 saturated carbocycles. The fourth-order valence-electron chi connectivity index (χ4n) is 1.28. The molecule has 0 amide bonds. The molecule has 0 fully saturated rings. The zero-order valence-electron chi connectivity index (χ0n) is 7.92. The first-order chi connectivity index (χ1) is 7.80. The number of hydrogen-bond acceptors (Lipinski definition) is 2. The van der Waals surface area contributed by atoms with E-state index in [2.05, 4.69) is 20.9 Å². The van der Waals surface area contributed by atoms with Gasteiger partial charge in [0.15, 0.2) is 5.69 Å². The Bertz CT molecular complexity index is 653. The lowest BCUT2D eigenvalue weighted by atomic mass is 10.3. The minimum Gasteiger partial charge on any atom is -0.268 e. The molecule has 2 aromatic rings. The summed E-state index contributed by atoms with van der Waals surface area (Å²) < 4.78 is 38.0. The first-order valence-corrected chi connectivity index (χ1v) is 5.42. The van der Waals surface area contributed by atoms with Gasteiger partial charge in [0.2, 0.25) is 0 Å². The van der Waals surface area contributed by atoms with E-state index in [-0.39, 0.29) is 10.7 Å². The summed E-state index contributed by atoms with van der Waals surface area (Å²) in [5.74, 6) is 0. The van der Waals surface area contributed by atoms with Gasteiger partial charge in [-0.1, -0.05) is 11.6 Å². The van der Waals surface area contributed by atoms with E-state index < -0.39 is 21.9 Å². The monoisotopic (exact) mass is 326 g/mol. The Kier molecular flexibility index (Phi) is 2.90. The fraction of sp³-hybridized carbons (Fsp3) is 0.111. The molecule has 17 heavy (non-hydrogen) atoms. The van der Waals surface area contributed by atoms with Crippen LogP contribution < -0.4 is 5.56 Å². The van der Waals surface area contributed by atoms with Crippen molar-refractivity contribution in [2.45, 2.75) is 6.18 Å². The van der Waals surface area contributed by atoms with Crippen molar-refractivity contribution in [2.24, 2.45) is 0 Å². The van der Waals surface area contributed by atoms with Crippen LogP contribution >= 0.6 is 27.5 Å². The number of nitrogens with zero attached hydrogens (tertiary/aromatic N) is 2. The summed E-state index contributed by atoms with van der Waals surface area (Å²) in [6, 6.07) is 2.60. The van der Waals surface area contributed by atoms with E-state index in [9.17, 15) is 18.0 Å². The van der Waals surface area contributed by atoms with Gasteiger partial charge in [-0.05, 0) is 28.1 Å². The average Bonchev–Trinajstić information content (AvgIpc) is 2.22. The highest BCUT2D eigenvalue weighted by Gasteiger charge is 2.36. The quantitative estimate of drug-likeness (QED) is 0.745. The lowest BCUT2D eigenvalue weighted by Gasteiger charge is -2.09. The van der Waals surface area contributed by atoms with Crippen LogP contribution in [0, 0.1) is 0 Å². The summed E-state index contributed by atoms with van der Waals surface area (Å²) in [5.41, 5.74) is -2.22. The highest BCUT2D eigenvalue weighted by atomic mass is 79.9. The summed E-state index contributed by atoms with van der Waals surface area (Å²) >= 11 is 8.25. The highest BCUT2D eigenvalue weighted by molar-refractivity contribution is 9.10. The van der Waals surface area contributed by atoms with Gasteiger partial charge in [-0.25, -0.2) is 4.98 Å². The maximum absolute atomic E-state index is 12.6. The van der Waals surface area contributed by atoms with Crippen molar-refractivity contribution in [1.82, 2.24) is 9.38 Å². The third-order valence-electron chi connectivity index (χ3n) is 2.00. The lowest BCUT2D eigenvalue weighted by Crippen LogP contribution is -2.22. The predicted molar refractivity (Wildman–Crippen MR) is 59.2 cm³/mol. The summed E-state index contributed by atoms with van der Waals surface area (Å²) in [5, 5.41) is 0.230. The van der Waals surface area contributed by atoms with Crippen molar-refractivity contribution >= 4 is 33.2 Å². The van der Waals surface area contributed by atoms with Crippen LogP contribution in [0.4, 0.5) is 13.2 Å². The number of pyridine rings is 1. The van der Waals surface area contributed by atoms with Crippen molar-refractivity contribution in [3.63, 3.8) is 0 Å². The van der Waals surface area contributed by atoms with Crippen LogP contribution in [0.15, 0.2) is 27.6 Å². The second-order valence-electron chi connectivity index (χ2n) is 3.15. The maximum Gasteiger partial charge on any atom is 0.434 e. The maximum atomic E-state index is 12.6. The molecule has 0 bridgehead atoms. The Hall–Kier alpha value is -1.08. The predicted octanol–water partition coefficient (Wildman–Crippen LogP) is 3.13. The number of aromatic nitrogens is 2. The van der Waals surface area contributed by atoms with E-state index in [0.717, 1.165) is 4.40 Å². The number of halogens is 5. The first kappa shape index (κ1) is 12.4. The second kappa shape index (κ2) is 3.99. The minimum atomic E-state index is -4.69. The molecule has 0 atom stereocenters. The molecule has 0 aromatic carbocycles. The molecule has 90 valence electrons. The average molecular weight is 327 g/mol.